The number of carbonyl (C=O) groups is 1. The molecule has 1 unspecified atom stereocenters. The van der Waals surface area contributed by atoms with Gasteiger partial charge in [-0.3, -0.25) is 9.69 Å². The summed E-state index contributed by atoms with van der Waals surface area (Å²) in [5, 5.41) is 17.6. The maximum atomic E-state index is 14.5. The topological polar surface area (TPSA) is 92.5 Å². The van der Waals surface area contributed by atoms with Crippen LogP contribution in [0.1, 0.15) is 5.56 Å². The van der Waals surface area contributed by atoms with Crippen LogP contribution in [0.15, 0.2) is 55.1 Å². The van der Waals surface area contributed by atoms with Crippen molar-refractivity contribution in [2.24, 2.45) is 0 Å². The molecular weight excluding hydrogens is 465 g/mol. The minimum Gasteiger partial charge on any atom is -0.406 e. The lowest BCUT2D eigenvalue weighted by molar-refractivity contribution is -0.274. The van der Waals surface area contributed by atoms with Gasteiger partial charge in [-0.25, -0.2) is 18.4 Å². The largest absolute Gasteiger partial charge is 0.573 e. The summed E-state index contributed by atoms with van der Waals surface area (Å²) in [4.78, 5) is 17.6. The van der Waals surface area contributed by atoms with Crippen LogP contribution in [-0.2, 0) is 16.9 Å². The number of rotatable bonds is 9. The summed E-state index contributed by atoms with van der Waals surface area (Å²) in [5.41, 5.74) is -2.09. The predicted octanol–water partition coefficient (Wildman–Crippen LogP) is 2.91. The van der Waals surface area contributed by atoms with E-state index in [0.717, 1.165) is 24.3 Å². The van der Waals surface area contributed by atoms with Gasteiger partial charge >= 0.3 is 6.36 Å². The fourth-order valence-corrected chi connectivity index (χ4v) is 3.39. The third-order valence-electron chi connectivity index (χ3n) is 4.62. The van der Waals surface area contributed by atoms with Gasteiger partial charge in [0.2, 0.25) is 5.91 Å². The molecule has 0 fully saturated rings. The molecule has 0 aliphatic heterocycles. The van der Waals surface area contributed by atoms with Crippen LogP contribution in [0.3, 0.4) is 0 Å². The Balaban J connectivity index is 1.71. The molecule has 3 rings (SSSR count). The smallest absolute Gasteiger partial charge is 0.406 e. The van der Waals surface area contributed by atoms with Gasteiger partial charge in [-0.2, -0.15) is 5.10 Å². The lowest BCUT2D eigenvalue weighted by Crippen LogP contribution is -2.45. The van der Waals surface area contributed by atoms with E-state index in [-0.39, 0.29) is 30.9 Å². The van der Waals surface area contributed by atoms with Crippen LogP contribution in [0.25, 0.3) is 0 Å². The molecule has 13 heteroatoms. The first-order chi connectivity index (χ1) is 15.9. The molecule has 0 saturated heterocycles. The number of ether oxygens (including phenoxy) is 1. The SMILES string of the molecule is CN(CC(=O)Nc1cccc(OC(F)(F)F)c1)CC(O)(Cn1cncn1)c1ccc(F)cc1F. The van der Waals surface area contributed by atoms with E-state index in [9.17, 15) is 31.9 Å². The van der Waals surface area contributed by atoms with Crippen LogP contribution in [-0.4, -0.2) is 57.2 Å². The minimum atomic E-state index is -4.88. The average molecular weight is 485 g/mol. The van der Waals surface area contributed by atoms with Gasteiger partial charge in [0.15, 0.2) is 0 Å². The van der Waals surface area contributed by atoms with E-state index in [1.807, 2.05) is 0 Å². The van der Waals surface area contributed by atoms with Crippen LogP contribution in [0, 0.1) is 11.6 Å². The van der Waals surface area contributed by atoms with E-state index in [1.165, 1.54) is 41.4 Å². The molecule has 1 amide bonds. The molecule has 0 aliphatic carbocycles. The minimum absolute atomic E-state index is 0.0580. The van der Waals surface area contributed by atoms with Crippen molar-refractivity contribution < 1.29 is 36.6 Å². The quantitative estimate of drug-likeness (QED) is 0.453. The molecular formula is C21H20F5N5O3. The zero-order valence-corrected chi connectivity index (χ0v) is 17.8. The van der Waals surface area contributed by atoms with E-state index in [2.05, 4.69) is 20.1 Å². The van der Waals surface area contributed by atoms with Gasteiger partial charge < -0.3 is 15.2 Å². The molecule has 2 aromatic carbocycles. The van der Waals surface area contributed by atoms with Crippen LogP contribution in [0.2, 0.25) is 0 Å². The standard InChI is InChI=1S/C21H20F5N5O3/c1-30(9-19(32)29-15-3-2-4-16(8-15)34-21(24,25)26)10-20(33,11-31-13-27-12-28-31)17-6-5-14(22)7-18(17)23/h2-8,12-13,33H,9-11H2,1H3,(H,29,32). The molecule has 182 valence electrons. The summed E-state index contributed by atoms with van der Waals surface area (Å²) in [6, 6.07) is 7.45. The van der Waals surface area contributed by atoms with E-state index in [1.54, 1.807) is 0 Å². The molecule has 2 N–H and O–H groups in total. The van der Waals surface area contributed by atoms with Crippen molar-refractivity contribution in [3.05, 3.63) is 72.3 Å². The molecule has 1 heterocycles. The molecule has 0 saturated carbocycles. The molecule has 0 bridgehead atoms. The molecule has 34 heavy (non-hydrogen) atoms. The number of hydrogen-bond donors (Lipinski definition) is 2. The summed E-state index contributed by atoms with van der Waals surface area (Å²) in [6.45, 7) is -0.842. The van der Waals surface area contributed by atoms with Crippen molar-refractivity contribution in [3.8, 4) is 5.75 Å². The summed E-state index contributed by atoms with van der Waals surface area (Å²) in [7, 11) is 1.47. The van der Waals surface area contributed by atoms with Crippen molar-refractivity contribution in [2.75, 3.05) is 25.5 Å². The van der Waals surface area contributed by atoms with Crippen LogP contribution in [0.4, 0.5) is 27.6 Å². The van der Waals surface area contributed by atoms with Gasteiger partial charge in [-0.15, -0.1) is 13.2 Å². The maximum absolute atomic E-state index is 14.5. The number of aromatic nitrogens is 3. The summed E-state index contributed by atoms with van der Waals surface area (Å²) < 4.78 is 70.1. The van der Waals surface area contributed by atoms with Gasteiger partial charge in [-0.1, -0.05) is 12.1 Å². The molecule has 1 atom stereocenters. The third kappa shape index (κ3) is 6.96. The number of halogens is 5. The van der Waals surface area contributed by atoms with E-state index >= 15 is 0 Å². The average Bonchev–Trinajstić information content (AvgIpc) is 3.18. The summed E-state index contributed by atoms with van der Waals surface area (Å²) >= 11 is 0. The van der Waals surface area contributed by atoms with Crippen LogP contribution in [0.5, 0.6) is 5.75 Å². The summed E-state index contributed by atoms with van der Waals surface area (Å²) in [6.07, 6.45) is -2.36. The Morgan fingerprint density at radius 3 is 2.62 bits per heavy atom. The first-order valence-electron chi connectivity index (χ1n) is 9.78. The van der Waals surface area contributed by atoms with Crippen LogP contribution < -0.4 is 10.1 Å². The number of aliphatic hydroxyl groups is 1. The summed E-state index contributed by atoms with van der Waals surface area (Å²) in [5.74, 6) is -2.93. The fraction of sp³-hybridized carbons (Fsp3) is 0.286. The number of nitrogens with zero attached hydrogens (tertiary/aromatic N) is 4. The highest BCUT2D eigenvalue weighted by Gasteiger charge is 2.35. The van der Waals surface area contributed by atoms with Gasteiger partial charge in [0.1, 0.15) is 35.6 Å². The molecule has 0 spiro atoms. The second-order valence-electron chi connectivity index (χ2n) is 7.54. The van der Waals surface area contributed by atoms with Crippen molar-refractivity contribution in [2.45, 2.75) is 18.5 Å². The van der Waals surface area contributed by atoms with Gasteiger partial charge in [0.05, 0.1) is 13.1 Å². The number of benzene rings is 2. The Labute approximate surface area is 190 Å². The van der Waals surface area contributed by atoms with Crippen molar-refractivity contribution in [3.63, 3.8) is 0 Å². The molecule has 1 aromatic heterocycles. The molecule has 0 aliphatic rings. The predicted molar refractivity (Wildman–Crippen MR) is 110 cm³/mol. The van der Waals surface area contributed by atoms with Gasteiger partial charge in [-0.05, 0) is 25.2 Å². The highest BCUT2D eigenvalue weighted by molar-refractivity contribution is 5.92. The first-order valence-corrected chi connectivity index (χ1v) is 9.78. The normalized spacial score (nSPS) is 13.5. The number of amides is 1. The number of nitrogens with one attached hydrogen (secondary N) is 1. The zero-order valence-electron chi connectivity index (χ0n) is 17.8. The number of anilines is 1. The van der Waals surface area contributed by atoms with Gasteiger partial charge in [0, 0.05) is 29.9 Å². The number of alkyl halides is 3. The third-order valence-corrected chi connectivity index (χ3v) is 4.62. The fourth-order valence-electron chi connectivity index (χ4n) is 3.39. The van der Waals surface area contributed by atoms with E-state index < -0.39 is 35.3 Å². The van der Waals surface area contributed by atoms with Crippen molar-refractivity contribution >= 4 is 11.6 Å². The van der Waals surface area contributed by atoms with E-state index in [0.29, 0.717) is 6.07 Å². The monoisotopic (exact) mass is 485 g/mol. The second kappa shape index (κ2) is 10.1. The lowest BCUT2D eigenvalue weighted by Gasteiger charge is -2.33. The molecule has 0 radical (unpaired) electrons. The molecule has 3 aromatic rings. The second-order valence-corrected chi connectivity index (χ2v) is 7.54. The highest BCUT2D eigenvalue weighted by atomic mass is 19.4. The first kappa shape index (κ1) is 25.1. The number of hydrogen-bond acceptors (Lipinski definition) is 6. The maximum Gasteiger partial charge on any atom is 0.573 e. The Bertz CT molecular complexity index is 1130. The molecule has 8 nitrogen and oxygen atoms in total. The Hall–Kier alpha value is -3.58. The Morgan fingerprint density at radius 2 is 1.97 bits per heavy atom. The van der Waals surface area contributed by atoms with Crippen molar-refractivity contribution in [1.82, 2.24) is 19.7 Å². The van der Waals surface area contributed by atoms with Crippen LogP contribution >= 0.6 is 0 Å². The Kier molecular flexibility index (Phi) is 7.47. The van der Waals surface area contributed by atoms with Gasteiger partial charge in [0.25, 0.3) is 0 Å². The number of likely N-dealkylation sites (N-methyl/N-ethyl adjacent to an activating group) is 1. The highest BCUT2D eigenvalue weighted by Crippen LogP contribution is 2.28. The lowest BCUT2D eigenvalue weighted by atomic mass is 9.92. The zero-order chi connectivity index (χ0) is 24.9. The number of carbonyl (C=O) groups excluding carboxylic acids is 1. The van der Waals surface area contributed by atoms with Crippen molar-refractivity contribution in [1.29, 1.82) is 0 Å². The Morgan fingerprint density at radius 1 is 1.21 bits per heavy atom. The van der Waals surface area contributed by atoms with E-state index in [4.69, 9.17) is 0 Å².